The van der Waals surface area contributed by atoms with Gasteiger partial charge in [-0.3, -0.25) is 0 Å². The largest absolute Gasteiger partial charge is 0.491 e. The van der Waals surface area contributed by atoms with Gasteiger partial charge in [0.15, 0.2) is 0 Å². The second-order valence-electron chi connectivity index (χ2n) is 3.93. The van der Waals surface area contributed by atoms with Gasteiger partial charge >= 0.3 is 0 Å². The first kappa shape index (κ1) is 10.3. The maximum atomic E-state index is 5.59. The number of ether oxygens (including phenoxy) is 2. The van der Waals surface area contributed by atoms with E-state index < -0.39 is 0 Å². The summed E-state index contributed by atoms with van der Waals surface area (Å²) in [5.74, 6) is 1.92. The summed E-state index contributed by atoms with van der Waals surface area (Å²) in [7, 11) is 0. The molecule has 5 heteroatoms. The first-order valence-corrected chi connectivity index (χ1v) is 5.46. The van der Waals surface area contributed by atoms with Gasteiger partial charge in [0.25, 0.3) is 0 Å². The molecule has 0 aliphatic carbocycles. The molecule has 1 unspecified atom stereocenters. The van der Waals surface area contributed by atoms with Crippen molar-refractivity contribution in [2.75, 3.05) is 13.2 Å². The molecule has 3 rings (SSSR count). The zero-order valence-electron chi connectivity index (χ0n) is 9.42. The molecule has 1 aliphatic rings. The molecular formula is C12H12N2O3. The lowest BCUT2D eigenvalue weighted by Crippen LogP contribution is -2.03. The van der Waals surface area contributed by atoms with E-state index in [1.165, 1.54) is 0 Å². The van der Waals surface area contributed by atoms with E-state index in [-0.39, 0.29) is 6.10 Å². The fourth-order valence-electron chi connectivity index (χ4n) is 1.49. The lowest BCUT2D eigenvalue weighted by Gasteiger charge is -2.04. The molecule has 0 saturated carbocycles. The van der Waals surface area contributed by atoms with Crippen LogP contribution in [0.5, 0.6) is 5.75 Å². The quantitative estimate of drug-likeness (QED) is 0.752. The van der Waals surface area contributed by atoms with E-state index in [4.69, 9.17) is 14.0 Å². The SMILES string of the molecule is Cc1nc(-c2cccc(OCC3CO3)c2)no1. The van der Waals surface area contributed by atoms with Gasteiger partial charge < -0.3 is 14.0 Å². The predicted molar refractivity (Wildman–Crippen MR) is 59.7 cm³/mol. The van der Waals surface area contributed by atoms with E-state index in [1.807, 2.05) is 24.3 Å². The molecule has 0 bridgehead atoms. The molecule has 0 spiro atoms. The summed E-state index contributed by atoms with van der Waals surface area (Å²) in [4.78, 5) is 4.17. The van der Waals surface area contributed by atoms with Gasteiger partial charge in [0.1, 0.15) is 18.5 Å². The van der Waals surface area contributed by atoms with E-state index in [0.717, 1.165) is 17.9 Å². The Bertz CT molecular complexity index is 520. The van der Waals surface area contributed by atoms with E-state index in [1.54, 1.807) is 6.92 Å². The van der Waals surface area contributed by atoms with Gasteiger partial charge in [-0.2, -0.15) is 4.98 Å². The van der Waals surface area contributed by atoms with Gasteiger partial charge in [0.05, 0.1) is 6.61 Å². The highest BCUT2D eigenvalue weighted by Crippen LogP contribution is 2.22. The molecule has 5 nitrogen and oxygen atoms in total. The van der Waals surface area contributed by atoms with Crippen LogP contribution in [0.2, 0.25) is 0 Å². The van der Waals surface area contributed by atoms with Crippen LogP contribution in [0.3, 0.4) is 0 Å². The summed E-state index contributed by atoms with van der Waals surface area (Å²) in [6.45, 7) is 3.15. The summed E-state index contributed by atoms with van der Waals surface area (Å²) in [5, 5.41) is 3.87. The number of hydrogen-bond acceptors (Lipinski definition) is 5. The van der Waals surface area contributed by atoms with Crippen LogP contribution in [0.15, 0.2) is 28.8 Å². The van der Waals surface area contributed by atoms with Crippen LogP contribution in [-0.4, -0.2) is 29.5 Å². The number of hydrogen-bond donors (Lipinski definition) is 0. The maximum Gasteiger partial charge on any atom is 0.223 e. The zero-order valence-corrected chi connectivity index (χ0v) is 9.42. The second kappa shape index (κ2) is 4.18. The van der Waals surface area contributed by atoms with Crippen LogP contribution in [0.1, 0.15) is 5.89 Å². The highest BCUT2D eigenvalue weighted by molar-refractivity contribution is 5.56. The third-order valence-electron chi connectivity index (χ3n) is 2.46. The van der Waals surface area contributed by atoms with Gasteiger partial charge in [-0.15, -0.1) is 0 Å². The van der Waals surface area contributed by atoms with Crippen molar-refractivity contribution in [2.45, 2.75) is 13.0 Å². The minimum atomic E-state index is 0.256. The Morgan fingerprint density at radius 3 is 3.06 bits per heavy atom. The maximum absolute atomic E-state index is 5.59. The summed E-state index contributed by atoms with van der Waals surface area (Å²) in [6.07, 6.45) is 0.256. The van der Waals surface area contributed by atoms with Gasteiger partial charge in [0.2, 0.25) is 11.7 Å². The predicted octanol–water partition coefficient (Wildman–Crippen LogP) is 1.82. The van der Waals surface area contributed by atoms with Crippen LogP contribution in [-0.2, 0) is 4.74 Å². The Labute approximate surface area is 98.4 Å². The van der Waals surface area contributed by atoms with Crippen molar-refractivity contribution in [1.29, 1.82) is 0 Å². The van der Waals surface area contributed by atoms with Crippen molar-refractivity contribution >= 4 is 0 Å². The van der Waals surface area contributed by atoms with E-state index >= 15 is 0 Å². The number of aromatic nitrogens is 2. The van der Waals surface area contributed by atoms with E-state index in [0.29, 0.717) is 18.3 Å². The van der Waals surface area contributed by atoms with Crippen LogP contribution < -0.4 is 4.74 Å². The lowest BCUT2D eigenvalue weighted by molar-refractivity contribution is 0.263. The van der Waals surface area contributed by atoms with Crippen LogP contribution in [0.4, 0.5) is 0 Å². The van der Waals surface area contributed by atoms with Gasteiger partial charge in [0, 0.05) is 12.5 Å². The molecule has 1 saturated heterocycles. The van der Waals surface area contributed by atoms with Gasteiger partial charge in [-0.25, -0.2) is 0 Å². The second-order valence-corrected chi connectivity index (χ2v) is 3.93. The fourth-order valence-corrected chi connectivity index (χ4v) is 1.49. The molecule has 1 aromatic carbocycles. The molecule has 0 radical (unpaired) electrons. The van der Waals surface area contributed by atoms with Crippen LogP contribution in [0, 0.1) is 6.92 Å². The molecule has 0 amide bonds. The molecule has 2 aromatic rings. The van der Waals surface area contributed by atoms with Crippen molar-refractivity contribution in [2.24, 2.45) is 0 Å². The molecule has 17 heavy (non-hydrogen) atoms. The molecular weight excluding hydrogens is 220 g/mol. The monoisotopic (exact) mass is 232 g/mol. The highest BCUT2D eigenvalue weighted by atomic mass is 16.6. The number of epoxide rings is 1. The summed E-state index contributed by atoms with van der Waals surface area (Å²) in [5.41, 5.74) is 0.885. The minimum absolute atomic E-state index is 0.256. The normalized spacial score (nSPS) is 18.1. The lowest BCUT2D eigenvalue weighted by atomic mass is 10.2. The smallest absolute Gasteiger partial charge is 0.223 e. The Balaban J connectivity index is 1.77. The van der Waals surface area contributed by atoms with E-state index in [9.17, 15) is 0 Å². The van der Waals surface area contributed by atoms with Crippen LogP contribution in [0.25, 0.3) is 11.4 Å². The molecule has 0 N–H and O–H groups in total. The first-order valence-electron chi connectivity index (χ1n) is 5.46. The highest BCUT2D eigenvalue weighted by Gasteiger charge is 2.23. The molecule has 1 fully saturated rings. The van der Waals surface area contributed by atoms with Crippen LogP contribution >= 0.6 is 0 Å². The number of nitrogens with zero attached hydrogens (tertiary/aromatic N) is 2. The molecule has 1 aromatic heterocycles. The average Bonchev–Trinajstić information content (AvgIpc) is 3.08. The first-order chi connectivity index (χ1) is 8.31. The number of rotatable bonds is 4. The third kappa shape index (κ3) is 2.45. The number of aryl methyl sites for hydroxylation is 1. The topological polar surface area (TPSA) is 60.7 Å². The van der Waals surface area contributed by atoms with Crippen molar-refractivity contribution in [3.05, 3.63) is 30.2 Å². The fraction of sp³-hybridized carbons (Fsp3) is 0.333. The van der Waals surface area contributed by atoms with Crippen molar-refractivity contribution in [1.82, 2.24) is 10.1 Å². The molecule has 88 valence electrons. The van der Waals surface area contributed by atoms with Gasteiger partial charge in [-0.1, -0.05) is 17.3 Å². The zero-order chi connectivity index (χ0) is 11.7. The Morgan fingerprint density at radius 1 is 1.47 bits per heavy atom. The standard InChI is InChI=1S/C12H12N2O3/c1-8-13-12(14-17-8)9-3-2-4-10(5-9)15-6-11-7-16-11/h2-5,11H,6-7H2,1H3. The Morgan fingerprint density at radius 2 is 2.35 bits per heavy atom. The average molecular weight is 232 g/mol. The van der Waals surface area contributed by atoms with Crippen molar-refractivity contribution in [3.63, 3.8) is 0 Å². The summed E-state index contributed by atoms with van der Waals surface area (Å²) >= 11 is 0. The van der Waals surface area contributed by atoms with Gasteiger partial charge in [-0.05, 0) is 12.1 Å². The summed E-state index contributed by atoms with van der Waals surface area (Å²) < 4.78 is 15.6. The molecule has 1 atom stereocenters. The Kier molecular flexibility index (Phi) is 2.53. The van der Waals surface area contributed by atoms with E-state index in [2.05, 4.69) is 10.1 Å². The molecule has 2 heterocycles. The van der Waals surface area contributed by atoms with Crippen molar-refractivity contribution < 1.29 is 14.0 Å². The minimum Gasteiger partial charge on any atom is -0.491 e. The Hall–Kier alpha value is -1.88. The number of benzene rings is 1. The van der Waals surface area contributed by atoms with Crippen molar-refractivity contribution in [3.8, 4) is 17.1 Å². The molecule has 1 aliphatic heterocycles. The third-order valence-corrected chi connectivity index (χ3v) is 2.46. The summed E-state index contributed by atoms with van der Waals surface area (Å²) in [6, 6.07) is 7.63.